The number of hydrogen-bond acceptors (Lipinski definition) is 2. The lowest BCUT2D eigenvalue weighted by Gasteiger charge is -2.09. The predicted molar refractivity (Wildman–Crippen MR) is 49.7 cm³/mol. The first-order valence-corrected chi connectivity index (χ1v) is 4.64. The second-order valence-corrected chi connectivity index (χ2v) is 3.19. The number of aliphatic hydroxyl groups is 1. The number of rotatable bonds is 3. The van der Waals surface area contributed by atoms with Gasteiger partial charge in [0.25, 0.3) is 6.43 Å². The Bertz CT molecular complexity index is 333. The smallest absolute Gasteiger partial charge is 0.267 e. The fourth-order valence-corrected chi connectivity index (χ4v) is 1.59. The average molecular weight is 242 g/mol. The molecule has 0 spiro atoms. The van der Waals surface area contributed by atoms with Gasteiger partial charge in [-0.1, -0.05) is 11.6 Å². The highest BCUT2D eigenvalue weighted by atomic mass is 35.5. The van der Waals surface area contributed by atoms with Crippen LogP contribution in [0.5, 0.6) is 0 Å². The molecule has 0 unspecified atom stereocenters. The molecule has 1 rings (SSSR count). The maximum Gasteiger partial charge on any atom is 0.267 e. The standard InChI is InChI=1S/C8H7Cl2F2NO/c9-2-4-1-5(3-14)13-7(10)6(4)8(11)12/h1,8,14H,2-3H2. The Morgan fingerprint density at radius 1 is 1.50 bits per heavy atom. The van der Waals surface area contributed by atoms with Crippen molar-refractivity contribution in [2.75, 3.05) is 0 Å². The third kappa shape index (κ3) is 2.32. The van der Waals surface area contributed by atoms with Crippen molar-refractivity contribution in [1.82, 2.24) is 4.98 Å². The van der Waals surface area contributed by atoms with Crippen LogP contribution >= 0.6 is 23.2 Å². The third-order valence-corrected chi connectivity index (χ3v) is 2.25. The molecule has 14 heavy (non-hydrogen) atoms. The zero-order valence-electron chi connectivity index (χ0n) is 6.98. The molecule has 1 N–H and O–H groups in total. The van der Waals surface area contributed by atoms with E-state index in [1.165, 1.54) is 6.07 Å². The van der Waals surface area contributed by atoms with E-state index >= 15 is 0 Å². The molecule has 0 saturated carbocycles. The highest BCUT2D eigenvalue weighted by Gasteiger charge is 2.18. The van der Waals surface area contributed by atoms with Gasteiger partial charge in [-0.25, -0.2) is 13.8 Å². The molecule has 0 fully saturated rings. The molecule has 0 saturated heterocycles. The van der Waals surface area contributed by atoms with Crippen LogP contribution in [0.25, 0.3) is 0 Å². The topological polar surface area (TPSA) is 33.1 Å². The molecule has 0 aromatic carbocycles. The zero-order chi connectivity index (χ0) is 10.7. The van der Waals surface area contributed by atoms with Crippen molar-refractivity contribution >= 4 is 23.2 Å². The molecule has 1 aromatic heterocycles. The van der Waals surface area contributed by atoms with Gasteiger partial charge in [-0.15, -0.1) is 11.6 Å². The van der Waals surface area contributed by atoms with Gasteiger partial charge in [0.1, 0.15) is 5.15 Å². The minimum Gasteiger partial charge on any atom is -0.390 e. The molecule has 0 aliphatic rings. The summed E-state index contributed by atoms with van der Waals surface area (Å²) in [5.74, 6) is -0.0884. The Balaban J connectivity index is 3.27. The quantitative estimate of drug-likeness (QED) is 0.652. The predicted octanol–water partition coefficient (Wildman–Crippen LogP) is 2.90. The second-order valence-electron chi connectivity index (χ2n) is 2.57. The van der Waals surface area contributed by atoms with Gasteiger partial charge < -0.3 is 5.11 Å². The maximum atomic E-state index is 12.5. The summed E-state index contributed by atoms with van der Waals surface area (Å²) in [5, 5.41) is 8.46. The number of halogens is 4. The van der Waals surface area contributed by atoms with E-state index in [1.807, 2.05) is 0 Å². The van der Waals surface area contributed by atoms with E-state index < -0.39 is 6.43 Å². The fourth-order valence-electron chi connectivity index (χ4n) is 1.05. The molecule has 0 atom stereocenters. The Morgan fingerprint density at radius 2 is 2.14 bits per heavy atom. The SMILES string of the molecule is OCc1cc(CCl)c(C(F)F)c(Cl)n1. The highest BCUT2D eigenvalue weighted by molar-refractivity contribution is 6.30. The van der Waals surface area contributed by atoms with Crippen molar-refractivity contribution in [3.8, 4) is 0 Å². The second kappa shape index (κ2) is 4.87. The number of aromatic nitrogens is 1. The number of hydrogen-bond donors (Lipinski definition) is 1. The molecular formula is C8H7Cl2F2NO. The molecule has 0 bridgehead atoms. The van der Waals surface area contributed by atoms with E-state index in [0.717, 1.165) is 0 Å². The summed E-state index contributed by atoms with van der Waals surface area (Å²) in [7, 11) is 0. The van der Waals surface area contributed by atoms with Crippen molar-refractivity contribution in [3.63, 3.8) is 0 Å². The van der Waals surface area contributed by atoms with Crippen molar-refractivity contribution in [3.05, 3.63) is 28.0 Å². The average Bonchev–Trinajstić information content (AvgIpc) is 2.15. The Hall–Kier alpha value is -0.450. The minimum absolute atomic E-state index is 0.0884. The van der Waals surface area contributed by atoms with Crippen LogP contribution in [0.4, 0.5) is 8.78 Å². The van der Waals surface area contributed by atoms with Gasteiger partial charge >= 0.3 is 0 Å². The van der Waals surface area contributed by atoms with Crippen molar-refractivity contribution in [2.45, 2.75) is 18.9 Å². The lowest BCUT2D eigenvalue weighted by atomic mass is 10.1. The zero-order valence-corrected chi connectivity index (χ0v) is 8.49. The van der Waals surface area contributed by atoms with E-state index in [1.54, 1.807) is 0 Å². The summed E-state index contributed by atoms with van der Waals surface area (Å²) in [4.78, 5) is 3.60. The Morgan fingerprint density at radius 3 is 2.57 bits per heavy atom. The molecular weight excluding hydrogens is 235 g/mol. The van der Waals surface area contributed by atoms with Gasteiger partial charge in [0.2, 0.25) is 0 Å². The van der Waals surface area contributed by atoms with Gasteiger partial charge in [-0.05, 0) is 11.6 Å². The van der Waals surface area contributed by atoms with Crippen LogP contribution in [0.3, 0.4) is 0 Å². The van der Waals surface area contributed by atoms with E-state index in [9.17, 15) is 8.78 Å². The van der Waals surface area contributed by atoms with E-state index in [2.05, 4.69) is 4.98 Å². The van der Waals surface area contributed by atoms with Crippen molar-refractivity contribution in [2.24, 2.45) is 0 Å². The fraction of sp³-hybridized carbons (Fsp3) is 0.375. The van der Waals surface area contributed by atoms with Crippen LogP contribution in [0.15, 0.2) is 6.07 Å². The third-order valence-electron chi connectivity index (χ3n) is 1.67. The van der Waals surface area contributed by atoms with E-state index in [4.69, 9.17) is 28.3 Å². The molecule has 78 valence electrons. The molecule has 6 heteroatoms. The van der Waals surface area contributed by atoms with Crippen LogP contribution in [0, 0.1) is 0 Å². The van der Waals surface area contributed by atoms with Gasteiger partial charge in [0.05, 0.1) is 17.9 Å². The van der Waals surface area contributed by atoms with Crippen molar-refractivity contribution in [1.29, 1.82) is 0 Å². The molecule has 0 aliphatic heterocycles. The van der Waals surface area contributed by atoms with Gasteiger partial charge in [-0.3, -0.25) is 0 Å². The summed E-state index contributed by atoms with van der Waals surface area (Å²) in [6.45, 7) is -0.354. The molecule has 0 aliphatic carbocycles. The van der Waals surface area contributed by atoms with Gasteiger partial charge in [0.15, 0.2) is 0 Å². The molecule has 2 nitrogen and oxygen atoms in total. The summed E-state index contributed by atoms with van der Waals surface area (Å²) in [6.07, 6.45) is -2.71. The maximum absolute atomic E-state index is 12.5. The summed E-state index contributed by atoms with van der Waals surface area (Å²) in [5.41, 5.74) is 0.0691. The Labute approximate surface area is 89.5 Å². The molecule has 1 aromatic rings. The number of pyridine rings is 1. The van der Waals surface area contributed by atoms with Crippen LogP contribution < -0.4 is 0 Å². The first kappa shape index (κ1) is 11.6. The summed E-state index contributed by atoms with van der Waals surface area (Å²) < 4.78 is 24.9. The first-order valence-electron chi connectivity index (χ1n) is 3.73. The summed E-state index contributed by atoms with van der Waals surface area (Å²) in [6, 6.07) is 1.32. The van der Waals surface area contributed by atoms with Crippen molar-refractivity contribution < 1.29 is 13.9 Å². The molecule has 1 heterocycles. The monoisotopic (exact) mass is 241 g/mol. The van der Waals surface area contributed by atoms with Crippen LogP contribution in [-0.4, -0.2) is 10.1 Å². The van der Waals surface area contributed by atoms with E-state index in [-0.39, 0.29) is 34.5 Å². The Kier molecular flexibility index (Phi) is 4.04. The largest absolute Gasteiger partial charge is 0.390 e. The van der Waals surface area contributed by atoms with Crippen LogP contribution in [0.1, 0.15) is 23.2 Å². The van der Waals surface area contributed by atoms with E-state index in [0.29, 0.717) is 0 Å². The molecule has 0 radical (unpaired) electrons. The number of alkyl halides is 3. The summed E-state index contributed by atoms with van der Waals surface area (Å²) >= 11 is 11.0. The van der Waals surface area contributed by atoms with Crippen LogP contribution in [-0.2, 0) is 12.5 Å². The minimum atomic E-state index is -2.71. The lowest BCUT2D eigenvalue weighted by molar-refractivity contribution is 0.150. The van der Waals surface area contributed by atoms with Crippen LogP contribution in [0.2, 0.25) is 5.15 Å². The lowest BCUT2D eigenvalue weighted by Crippen LogP contribution is -2.00. The van der Waals surface area contributed by atoms with Gasteiger partial charge in [0, 0.05) is 5.88 Å². The molecule has 0 amide bonds. The normalized spacial score (nSPS) is 11.0. The number of aliphatic hydroxyl groups excluding tert-OH is 1. The van der Waals surface area contributed by atoms with Gasteiger partial charge in [-0.2, -0.15) is 0 Å². The highest BCUT2D eigenvalue weighted by Crippen LogP contribution is 2.30. The number of nitrogens with zero attached hydrogens (tertiary/aromatic N) is 1. The first-order chi connectivity index (χ1) is 6.60.